The van der Waals surface area contributed by atoms with Crippen LogP contribution in [-0.2, 0) is 0 Å². The molecule has 0 aliphatic rings. The van der Waals surface area contributed by atoms with Gasteiger partial charge in [0.25, 0.3) is 0 Å². The standard InChI is InChI=1S/C10H12F2.2C9H9ClF2.3C9H9F3/c1-6(2)8-4-5-9(11)7(3)10(8)12;1-5(2)6-3-7(10)9(12)4-8(6)11;1-5(2)6-3-4-7(11)8(10)9(6)12;1-5(2)6-3-8(11)9(12)4-7(6)10;1-5(2)9-7(11)3-6(10)4-8(9)12;1-5(2)6-3-4-7(10)9(12)8(6)11/h4-6H,1-3H3;5*3-5H,1-2H3. The van der Waals surface area contributed by atoms with Crippen molar-refractivity contribution in [1.82, 2.24) is 0 Å². The smallest absolute Gasteiger partial charge is 0.194 e. The number of benzene rings is 6. The van der Waals surface area contributed by atoms with Crippen molar-refractivity contribution >= 4 is 23.2 Å². The molecule has 0 aliphatic carbocycles. The van der Waals surface area contributed by atoms with Crippen LogP contribution in [0.3, 0.4) is 0 Å². The highest BCUT2D eigenvalue weighted by Gasteiger charge is 2.18. The highest BCUT2D eigenvalue weighted by Crippen LogP contribution is 2.29. The average Bonchev–Trinajstić information content (AvgIpc) is 3.26. The van der Waals surface area contributed by atoms with Gasteiger partial charge >= 0.3 is 0 Å². The minimum atomic E-state index is -1.39. The summed E-state index contributed by atoms with van der Waals surface area (Å²) in [5.74, 6) is -12.9. The van der Waals surface area contributed by atoms with E-state index in [0.717, 1.165) is 18.2 Å². The Kier molecular flexibility index (Phi) is 26.6. The molecule has 0 saturated heterocycles. The van der Waals surface area contributed by atoms with Crippen molar-refractivity contribution in [1.29, 1.82) is 0 Å². The van der Waals surface area contributed by atoms with Gasteiger partial charge in [-0.3, -0.25) is 0 Å². The van der Waals surface area contributed by atoms with Gasteiger partial charge < -0.3 is 0 Å². The summed E-state index contributed by atoms with van der Waals surface area (Å²) in [7, 11) is 0. The van der Waals surface area contributed by atoms with Gasteiger partial charge in [-0.15, -0.1) is 0 Å². The van der Waals surface area contributed by atoms with E-state index in [-0.39, 0.29) is 62.8 Å². The second kappa shape index (κ2) is 29.5. The third kappa shape index (κ3) is 19.0. The molecule has 6 rings (SSSR count). The van der Waals surface area contributed by atoms with Crippen LogP contribution in [0.15, 0.2) is 72.8 Å². The molecule has 0 N–H and O–H groups in total. The molecule has 0 saturated carbocycles. The summed E-state index contributed by atoms with van der Waals surface area (Å²) in [6, 6.07) is 12.6. The lowest BCUT2D eigenvalue weighted by molar-refractivity contribution is 0.438. The number of rotatable bonds is 6. The predicted octanol–water partition coefficient (Wildman–Crippen LogP) is 20.6. The van der Waals surface area contributed by atoms with Crippen LogP contribution in [0.1, 0.15) is 158 Å². The quantitative estimate of drug-likeness (QED) is 0.0886. The molecule has 0 amide bonds. The van der Waals surface area contributed by atoms with E-state index < -0.39 is 92.3 Å². The Labute approximate surface area is 422 Å². The molecular formula is C55H57Cl2F15. The van der Waals surface area contributed by atoms with Gasteiger partial charge in [0.05, 0.1) is 5.02 Å². The molecule has 6 aromatic carbocycles. The van der Waals surface area contributed by atoms with Gasteiger partial charge in [-0.05, 0) is 101 Å². The van der Waals surface area contributed by atoms with Crippen LogP contribution >= 0.6 is 23.2 Å². The van der Waals surface area contributed by atoms with Gasteiger partial charge in [0.15, 0.2) is 29.1 Å². The molecule has 0 atom stereocenters. The van der Waals surface area contributed by atoms with E-state index in [4.69, 9.17) is 23.2 Å². The van der Waals surface area contributed by atoms with Crippen LogP contribution in [-0.4, -0.2) is 0 Å². The summed E-state index contributed by atoms with van der Waals surface area (Å²) in [6.45, 7) is 22.7. The fraction of sp³-hybridized carbons (Fsp3) is 0.345. The van der Waals surface area contributed by atoms with Crippen molar-refractivity contribution < 1.29 is 65.9 Å². The Morgan fingerprint density at radius 3 is 1.08 bits per heavy atom. The molecule has 72 heavy (non-hydrogen) atoms. The Balaban J connectivity index is 0.000000432. The Morgan fingerprint density at radius 1 is 0.292 bits per heavy atom. The zero-order valence-corrected chi connectivity index (χ0v) is 43.3. The zero-order chi connectivity index (χ0) is 55.8. The van der Waals surface area contributed by atoms with Gasteiger partial charge in [-0.2, -0.15) is 0 Å². The lowest BCUT2D eigenvalue weighted by atomic mass is 10.00. The maximum Gasteiger partial charge on any atom is 0.194 e. The van der Waals surface area contributed by atoms with Gasteiger partial charge in [0, 0.05) is 35.4 Å². The largest absolute Gasteiger partial charge is 0.207 e. The number of halogens is 17. The van der Waals surface area contributed by atoms with Crippen molar-refractivity contribution in [2.24, 2.45) is 0 Å². The monoisotopic (exact) mass is 1070 g/mol. The highest BCUT2D eigenvalue weighted by atomic mass is 35.5. The van der Waals surface area contributed by atoms with Gasteiger partial charge in [-0.1, -0.05) is 124 Å². The van der Waals surface area contributed by atoms with E-state index in [9.17, 15) is 65.9 Å². The van der Waals surface area contributed by atoms with Crippen molar-refractivity contribution in [3.8, 4) is 0 Å². The summed E-state index contributed by atoms with van der Waals surface area (Å²) >= 11 is 10.9. The molecule has 0 unspecified atom stereocenters. The van der Waals surface area contributed by atoms with Crippen LogP contribution in [0.25, 0.3) is 0 Å². The molecule has 0 aromatic heterocycles. The molecule has 0 spiro atoms. The van der Waals surface area contributed by atoms with Crippen LogP contribution in [0.4, 0.5) is 65.9 Å². The molecule has 0 nitrogen and oxygen atoms in total. The Morgan fingerprint density at radius 2 is 0.653 bits per heavy atom. The van der Waals surface area contributed by atoms with E-state index >= 15 is 0 Å². The minimum Gasteiger partial charge on any atom is -0.207 e. The Bertz CT molecular complexity index is 2470. The minimum absolute atomic E-state index is 0.0168. The van der Waals surface area contributed by atoms with E-state index in [1.165, 1.54) is 43.3 Å². The fourth-order valence-electron chi connectivity index (χ4n) is 6.17. The summed E-state index contributed by atoms with van der Waals surface area (Å²) in [5, 5.41) is -0.443. The number of hydrogen-bond acceptors (Lipinski definition) is 0. The maximum atomic E-state index is 13.3. The SMILES string of the molecule is CC(C)c1c(F)cc(F)cc1F.CC(C)c1cc(Cl)c(F)cc1F.CC(C)c1cc(F)c(F)cc1F.CC(C)c1ccc(F)c(Cl)c1F.CC(C)c1ccc(F)c(F)c1F.Cc1c(F)ccc(C(C)C)c1F. The normalized spacial score (nSPS) is 10.8. The van der Waals surface area contributed by atoms with E-state index in [2.05, 4.69) is 0 Å². The molecule has 6 aromatic rings. The van der Waals surface area contributed by atoms with Gasteiger partial charge in [-0.25, -0.2) is 65.9 Å². The first-order valence-electron chi connectivity index (χ1n) is 22.3. The van der Waals surface area contributed by atoms with Crippen LogP contribution in [0, 0.1) is 94.2 Å². The summed E-state index contributed by atoms with van der Waals surface area (Å²) in [6.07, 6.45) is 0. The molecule has 396 valence electrons. The highest BCUT2D eigenvalue weighted by molar-refractivity contribution is 6.31. The van der Waals surface area contributed by atoms with Crippen LogP contribution in [0.5, 0.6) is 0 Å². The third-order valence-electron chi connectivity index (χ3n) is 10.3. The molecule has 0 aliphatic heterocycles. The summed E-state index contributed by atoms with van der Waals surface area (Å²) in [5.41, 5.74) is 1.93. The summed E-state index contributed by atoms with van der Waals surface area (Å²) in [4.78, 5) is 0. The zero-order valence-electron chi connectivity index (χ0n) is 41.8. The second-order valence-corrected chi connectivity index (χ2v) is 18.7. The molecule has 0 fully saturated rings. The van der Waals surface area contributed by atoms with Gasteiger partial charge in [0.2, 0.25) is 0 Å². The lowest BCUT2D eigenvalue weighted by Crippen LogP contribution is -1.98. The van der Waals surface area contributed by atoms with E-state index in [1.807, 2.05) is 41.5 Å². The maximum absolute atomic E-state index is 13.3. The van der Waals surface area contributed by atoms with Crippen molar-refractivity contribution in [3.63, 3.8) is 0 Å². The third-order valence-corrected chi connectivity index (χ3v) is 10.9. The van der Waals surface area contributed by atoms with Crippen molar-refractivity contribution in [2.45, 2.75) is 126 Å². The molecule has 0 radical (unpaired) electrons. The molecule has 0 bridgehead atoms. The molecular weight excluding hydrogens is 1020 g/mol. The number of hydrogen-bond donors (Lipinski definition) is 0. The van der Waals surface area contributed by atoms with Crippen molar-refractivity contribution in [3.05, 3.63) is 209 Å². The van der Waals surface area contributed by atoms with Crippen LogP contribution in [0.2, 0.25) is 10.0 Å². The van der Waals surface area contributed by atoms with Crippen molar-refractivity contribution in [2.75, 3.05) is 0 Å². The summed E-state index contributed by atoms with van der Waals surface area (Å²) < 4.78 is 191. The second-order valence-electron chi connectivity index (χ2n) is 17.9. The lowest BCUT2D eigenvalue weighted by Gasteiger charge is -2.08. The fourth-order valence-corrected chi connectivity index (χ4v) is 6.51. The molecule has 0 heterocycles. The predicted molar refractivity (Wildman–Crippen MR) is 257 cm³/mol. The van der Waals surface area contributed by atoms with Gasteiger partial charge in [0.1, 0.15) is 63.2 Å². The first-order valence-corrected chi connectivity index (χ1v) is 23.1. The average molecular weight is 1070 g/mol. The van der Waals surface area contributed by atoms with Crippen LogP contribution < -0.4 is 0 Å². The molecule has 17 heteroatoms. The first kappa shape index (κ1) is 64.9. The topological polar surface area (TPSA) is 0 Å². The van der Waals surface area contributed by atoms with E-state index in [0.29, 0.717) is 34.9 Å². The first-order chi connectivity index (χ1) is 33.2. The Hall–Kier alpha value is -5.15. The van der Waals surface area contributed by atoms with E-state index in [1.54, 1.807) is 41.5 Å².